The van der Waals surface area contributed by atoms with E-state index < -0.39 is 0 Å². The Morgan fingerprint density at radius 2 is 1.91 bits per heavy atom. The summed E-state index contributed by atoms with van der Waals surface area (Å²) in [5.41, 5.74) is 8.14. The highest BCUT2D eigenvalue weighted by molar-refractivity contribution is 5.74. The number of nitrogen functional groups attached to an aromatic ring is 1. The molecule has 1 aromatic heterocycles. The molecule has 120 valence electrons. The van der Waals surface area contributed by atoms with Gasteiger partial charge in [0.25, 0.3) is 0 Å². The lowest BCUT2D eigenvalue weighted by molar-refractivity contribution is 0.0856. The van der Waals surface area contributed by atoms with E-state index in [1.54, 1.807) is 12.1 Å². The van der Waals surface area contributed by atoms with Gasteiger partial charge in [-0.1, -0.05) is 24.2 Å². The zero-order valence-electron chi connectivity index (χ0n) is 12.6. The average molecular weight is 312 g/mol. The fourth-order valence-electron chi connectivity index (χ4n) is 3.17. The minimum Gasteiger partial charge on any atom is -0.650 e. The van der Waals surface area contributed by atoms with Gasteiger partial charge in [0.2, 0.25) is 0 Å². The molecule has 7 heteroatoms. The van der Waals surface area contributed by atoms with Gasteiger partial charge in [-0.15, -0.1) is 10.2 Å². The van der Waals surface area contributed by atoms with Crippen LogP contribution in [0.3, 0.4) is 0 Å². The lowest BCUT2D eigenvalue weighted by Crippen LogP contribution is -2.51. The third kappa shape index (κ3) is 2.69. The molecule has 0 spiro atoms. The highest BCUT2D eigenvalue weighted by Gasteiger charge is 2.24. The number of phenols is 1. The summed E-state index contributed by atoms with van der Waals surface area (Å²) in [6, 6.07) is 9.31. The third-order valence-corrected chi connectivity index (χ3v) is 4.23. The van der Waals surface area contributed by atoms with Crippen molar-refractivity contribution in [3.63, 3.8) is 0 Å². The van der Waals surface area contributed by atoms with Crippen LogP contribution in [0.5, 0.6) is 5.75 Å². The summed E-state index contributed by atoms with van der Waals surface area (Å²) in [6.45, 7) is 2.81. The van der Waals surface area contributed by atoms with Gasteiger partial charge in [0.05, 0.1) is 11.4 Å². The Balaban J connectivity index is 1.69. The molecule has 2 bridgehead atoms. The van der Waals surface area contributed by atoms with Crippen molar-refractivity contribution in [3.05, 3.63) is 35.6 Å². The third-order valence-electron chi connectivity index (χ3n) is 4.23. The van der Waals surface area contributed by atoms with Gasteiger partial charge >= 0.3 is 0 Å². The molecule has 0 aliphatic carbocycles. The summed E-state index contributed by atoms with van der Waals surface area (Å²) in [5.74, 6) is 0.571. The molecule has 0 unspecified atom stereocenters. The van der Waals surface area contributed by atoms with E-state index in [9.17, 15) is 5.11 Å². The first-order chi connectivity index (χ1) is 11.2. The van der Waals surface area contributed by atoms with E-state index in [2.05, 4.69) is 15.1 Å². The number of ether oxygens (including phenoxy) is 1. The molecule has 1 aromatic carbocycles. The maximum absolute atomic E-state index is 10.0. The topological polar surface area (TPSA) is 98.6 Å². The molecule has 2 fully saturated rings. The number of phenolic OH excluding ortho intramolecular Hbond substituents is 1. The zero-order valence-corrected chi connectivity index (χ0v) is 12.6. The molecule has 3 heterocycles. The SMILES string of the molecule is Nc1nnc(-c2ccccc2O)cc1N1C[C@H]2COC[C@@H](C1)[N-]2. The first-order valence-corrected chi connectivity index (χ1v) is 7.65. The highest BCUT2D eigenvalue weighted by atomic mass is 16.5. The average Bonchev–Trinajstić information content (AvgIpc) is 2.55. The fraction of sp³-hybridized carbons (Fsp3) is 0.375. The first kappa shape index (κ1) is 14.2. The fourth-order valence-corrected chi connectivity index (χ4v) is 3.17. The molecule has 23 heavy (non-hydrogen) atoms. The van der Waals surface area contributed by atoms with Gasteiger partial charge in [-0.25, -0.2) is 0 Å². The molecule has 3 N–H and O–H groups in total. The lowest BCUT2D eigenvalue weighted by Gasteiger charge is -2.53. The molecule has 2 aromatic rings. The molecule has 0 amide bonds. The van der Waals surface area contributed by atoms with Crippen LogP contribution in [0.1, 0.15) is 0 Å². The van der Waals surface area contributed by atoms with E-state index in [0.717, 1.165) is 18.8 Å². The van der Waals surface area contributed by atoms with E-state index in [4.69, 9.17) is 15.8 Å². The van der Waals surface area contributed by atoms with Gasteiger partial charge in [-0.05, 0) is 18.2 Å². The van der Waals surface area contributed by atoms with Crippen LogP contribution in [0.2, 0.25) is 0 Å². The van der Waals surface area contributed by atoms with Crippen LogP contribution in [0.4, 0.5) is 11.5 Å². The van der Waals surface area contributed by atoms with Crippen LogP contribution in [0.15, 0.2) is 30.3 Å². The normalized spacial score (nSPS) is 23.7. The van der Waals surface area contributed by atoms with Gasteiger partial charge in [-0.3, -0.25) is 0 Å². The maximum atomic E-state index is 10.0. The first-order valence-electron chi connectivity index (χ1n) is 7.65. The van der Waals surface area contributed by atoms with Crippen molar-refractivity contribution in [2.24, 2.45) is 0 Å². The number of para-hydroxylation sites is 1. The Kier molecular flexibility index (Phi) is 3.51. The van der Waals surface area contributed by atoms with Crippen LogP contribution in [0, 0.1) is 0 Å². The Hall–Kier alpha value is -2.38. The van der Waals surface area contributed by atoms with Gasteiger partial charge in [0, 0.05) is 31.9 Å². The number of fused-ring (bicyclic) bond motifs is 2. The zero-order chi connectivity index (χ0) is 15.8. The number of piperazine rings is 1. The van der Waals surface area contributed by atoms with Crippen LogP contribution < -0.4 is 10.6 Å². The van der Waals surface area contributed by atoms with Crippen LogP contribution in [-0.2, 0) is 4.74 Å². The van der Waals surface area contributed by atoms with Crippen LogP contribution in [0.25, 0.3) is 16.6 Å². The number of aromatic hydroxyl groups is 1. The van der Waals surface area contributed by atoms with E-state index in [0.29, 0.717) is 30.3 Å². The summed E-state index contributed by atoms with van der Waals surface area (Å²) < 4.78 is 5.55. The van der Waals surface area contributed by atoms with Gasteiger partial charge < -0.3 is 25.8 Å². The van der Waals surface area contributed by atoms with Crippen LogP contribution in [-0.4, -0.2) is 53.7 Å². The summed E-state index contributed by atoms with van der Waals surface area (Å²) in [5, 5.41) is 22.9. The lowest BCUT2D eigenvalue weighted by atomic mass is 10.1. The Bertz CT molecular complexity index is 711. The quantitative estimate of drug-likeness (QED) is 0.869. The van der Waals surface area contributed by atoms with Crippen molar-refractivity contribution in [1.29, 1.82) is 0 Å². The number of benzene rings is 1. The molecule has 7 nitrogen and oxygen atoms in total. The summed E-state index contributed by atoms with van der Waals surface area (Å²) in [7, 11) is 0. The molecular formula is C16H18N5O2-. The summed E-state index contributed by atoms with van der Waals surface area (Å²) >= 11 is 0. The molecule has 2 saturated heterocycles. The molecule has 4 rings (SSSR count). The van der Waals surface area contributed by atoms with E-state index in [-0.39, 0.29) is 17.8 Å². The van der Waals surface area contributed by atoms with Gasteiger partial charge in [0.15, 0.2) is 5.82 Å². The number of nitrogens with two attached hydrogens (primary N) is 1. The molecule has 0 radical (unpaired) electrons. The molecular weight excluding hydrogens is 294 g/mol. The monoisotopic (exact) mass is 312 g/mol. The number of anilines is 2. The smallest absolute Gasteiger partial charge is 0.169 e. The molecule has 2 aliphatic rings. The van der Waals surface area contributed by atoms with Crippen molar-refractivity contribution in [2.75, 3.05) is 36.9 Å². The standard InChI is InChI=1S/C16H18N5O2/c17-16-14(21-6-10-8-23-9-11(7-21)18-10)5-13(19-20-16)12-3-1-2-4-15(12)22/h1-5,10-11,22H,6-9H2,(H2,17,20)/q-1/t10-,11+. The largest absolute Gasteiger partial charge is 0.650 e. The maximum Gasteiger partial charge on any atom is 0.169 e. The second-order valence-electron chi connectivity index (χ2n) is 5.92. The number of nitrogens with zero attached hydrogens (tertiary/aromatic N) is 4. The second kappa shape index (κ2) is 5.68. The highest BCUT2D eigenvalue weighted by Crippen LogP contribution is 2.33. The van der Waals surface area contributed by atoms with Gasteiger partial charge in [0.1, 0.15) is 5.75 Å². The second-order valence-corrected chi connectivity index (χ2v) is 5.92. The predicted molar refractivity (Wildman–Crippen MR) is 87.5 cm³/mol. The predicted octanol–water partition coefficient (Wildman–Crippen LogP) is 1.39. The molecule has 2 atom stereocenters. The van der Waals surface area contributed by atoms with Crippen molar-refractivity contribution >= 4 is 11.5 Å². The van der Waals surface area contributed by atoms with E-state index in [1.807, 2.05) is 18.2 Å². The van der Waals surface area contributed by atoms with Gasteiger partial charge in [-0.2, -0.15) is 0 Å². The number of rotatable bonds is 2. The summed E-state index contributed by atoms with van der Waals surface area (Å²) in [4.78, 5) is 2.19. The number of hydrogen-bond acceptors (Lipinski definition) is 6. The number of morpholine rings is 1. The van der Waals surface area contributed by atoms with E-state index in [1.165, 1.54) is 0 Å². The van der Waals surface area contributed by atoms with Crippen molar-refractivity contribution in [1.82, 2.24) is 10.2 Å². The van der Waals surface area contributed by atoms with Crippen LogP contribution >= 0.6 is 0 Å². The molecule has 2 aliphatic heterocycles. The Morgan fingerprint density at radius 1 is 1.17 bits per heavy atom. The number of hydrogen-bond donors (Lipinski definition) is 2. The van der Waals surface area contributed by atoms with Crippen molar-refractivity contribution < 1.29 is 9.84 Å². The van der Waals surface area contributed by atoms with Crippen molar-refractivity contribution in [2.45, 2.75) is 12.1 Å². The minimum atomic E-state index is 0.170. The Morgan fingerprint density at radius 3 is 2.65 bits per heavy atom. The minimum absolute atomic E-state index is 0.170. The number of aromatic nitrogens is 2. The van der Waals surface area contributed by atoms with Crippen molar-refractivity contribution in [3.8, 4) is 17.0 Å². The molecule has 0 saturated carbocycles. The Labute approximate surface area is 134 Å². The summed E-state index contributed by atoms with van der Waals surface area (Å²) in [6.07, 6.45) is 0. The van der Waals surface area contributed by atoms with E-state index >= 15 is 0 Å².